The molecule has 0 fully saturated rings. The van der Waals surface area contributed by atoms with E-state index in [1.807, 2.05) is 0 Å². The molecule has 0 aliphatic rings. The summed E-state index contributed by atoms with van der Waals surface area (Å²) in [6.45, 7) is 3.71. The first-order valence-corrected chi connectivity index (χ1v) is 9.63. The molecule has 8 heteroatoms. The van der Waals surface area contributed by atoms with Gasteiger partial charge in [-0.05, 0) is 42.3 Å². The third-order valence-corrected chi connectivity index (χ3v) is 5.79. The van der Waals surface area contributed by atoms with E-state index in [1.165, 1.54) is 7.11 Å². The second-order valence-corrected chi connectivity index (χ2v) is 7.62. The van der Waals surface area contributed by atoms with Gasteiger partial charge in [-0.1, -0.05) is 13.0 Å². The summed E-state index contributed by atoms with van der Waals surface area (Å²) in [4.78, 5) is 16.2. The summed E-state index contributed by atoms with van der Waals surface area (Å²) in [6.07, 6.45) is 3.27. The number of amides is 1. The molecule has 0 bridgehead atoms. The first-order valence-electron chi connectivity index (χ1n) is 8.19. The van der Waals surface area contributed by atoms with Gasteiger partial charge < -0.3 is 10.1 Å². The van der Waals surface area contributed by atoms with Crippen LogP contribution in [0.4, 0.5) is 0 Å². The van der Waals surface area contributed by atoms with Crippen molar-refractivity contribution in [1.29, 1.82) is 0 Å². The fourth-order valence-electron chi connectivity index (χ4n) is 2.41. The van der Waals surface area contributed by atoms with Crippen molar-refractivity contribution in [1.82, 2.24) is 14.6 Å². The van der Waals surface area contributed by atoms with Crippen molar-refractivity contribution in [2.75, 3.05) is 20.2 Å². The number of benzene rings is 1. The molecule has 0 aliphatic heterocycles. The number of sulfonamides is 1. The Morgan fingerprint density at radius 3 is 2.54 bits per heavy atom. The molecule has 26 heavy (non-hydrogen) atoms. The van der Waals surface area contributed by atoms with Crippen LogP contribution >= 0.6 is 0 Å². The van der Waals surface area contributed by atoms with Crippen LogP contribution in [0.2, 0.25) is 0 Å². The van der Waals surface area contributed by atoms with E-state index < -0.39 is 10.0 Å². The first kappa shape index (κ1) is 19.9. The lowest BCUT2D eigenvalue weighted by atomic mass is 10.2. The maximum absolute atomic E-state index is 13.0. The van der Waals surface area contributed by atoms with Gasteiger partial charge in [0.1, 0.15) is 10.6 Å². The molecule has 0 saturated carbocycles. The predicted molar refractivity (Wildman–Crippen MR) is 98.2 cm³/mol. The summed E-state index contributed by atoms with van der Waals surface area (Å²) in [5.41, 5.74) is 1.68. The van der Waals surface area contributed by atoms with Gasteiger partial charge in [0.25, 0.3) is 0 Å². The number of aryl methyl sites for hydroxylation is 1. The minimum atomic E-state index is -3.86. The highest BCUT2D eigenvalue weighted by molar-refractivity contribution is 7.89. The number of rotatable bonds is 8. The van der Waals surface area contributed by atoms with Crippen LogP contribution in [-0.4, -0.2) is 43.8 Å². The number of pyridine rings is 1. The average molecular weight is 377 g/mol. The number of nitrogens with one attached hydrogen (secondary N) is 1. The number of carbonyl (C=O) groups is 1. The van der Waals surface area contributed by atoms with Crippen LogP contribution in [0.25, 0.3) is 0 Å². The Kier molecular flexibility index (Phi) is 6.70. The number of methoxy groups -OCH3 is 1. The van der Waals surface area contributed by atoms with Gasteiger partial charge in [-0.15, -0.1) is 0 Å². The summed E-state index contributed by atoms with van der Waals surface area (Å²) < 4.78 is 32.2. The van der Waals surface area contributed by atoms with Gasteiger partial charge in [0.15, 0.2) is 0 Å². The molecule has 0 radical (unpaired) electrons. The second-order valence-electron chi connectivity index (χ2n) is 5.72. The van der Waals surface area contributed by atoms with E-state index in [-0.39, 0.29) is 29.6 Å². The summed E-state index contributed by atoms with van der Waals surface area (Å²) in [7, 11) is -2.44. The largest absolute Gasteiger partial charge is 0.495 e. The molecule has 0 aliphatic carbocycles. The Balaban J connectivity index is 2.14. The zero-order valence-electron chi connectivity index (χ0n) is 15.1. The molecule has 2 aromatic rings. The lowest BCUT2D eigenvalue weighted by Gasteiger charge is -2.21. The van der Waals surface area contributed by atoms with Crippen LogP contribution in [0.15, 0.2) is 47.6 Å². The fraction of sp³-hybridized carbons (Fsp3) is 0.333. The minimum Gasteiger partial charge on any atom is -0.495 e. The van der Waals surface area contributed by atoms with Gasteiger partial charge in [-0.3, -0.25) is 9.78 Å². The molecule has 1 heterocycles. The van der Waals surface area contributed by atoms with Crippen LogP contribution in [0, 0.1) is 6.92 Å². The zero-order chi connectivity index (χ0) is 19.2. The Labute approximate surface area is 154 Å². The zero-order valence-corrected chi connectivity index (χ0v) is 15.9. The number of hydrogen-bond acceptors (Lipinski definition) is 5. The second kappa shape index (κ2) is 8.77. The van der Waals surface area contributed by atoms with E-state index in [4.69, 9.17) is 4.74 Å². The van der Waals surface area contributed by atoms with E-state index in [0.29, 0.717) is 6.54 Å². The van der Waals surface area contributed by atoms with Gasteiger partial charge in [0.05, 0.1) is 13.7 Å². The molecule has 1 amide bonds. The Morgan fingerprint density at radius 1 is 1.23 bits per heavy atom. The number of ether oxygens (including phenoxy) is 1. The molecule has 1 aromatic heterocycles. The third kappa shape index (κ3) is 4.80. The van der Waals surface area contributed by atoms with E-state index >= 15 is 0 Å². The van der Waals surface area contributed by atoms with Crippen molar-refractivity contribution >= 4 is 15.9 Å². The predicted octanol–water partition coefficient (Wildman–Crippen LogP) is 1.73. The molecule has 0 saturated heterocycles. The summed E-state index contributed by atoms with van der Waals surface area (Å²) in [5.74, 6) is -0.120. The molecule has 0 unspecified atom stereocenters. The first-order chi connectivity index (χ1) is 12.4. The molecule has 1 N–H and O–H groups in total. The lowest BCUT2D eigenvalue weighted by Crippen LogP contribution is -2.40. The Bertz CT molecular complexity index is 854. The smallest absolute Gasteiger partial charge is 0.247 e. The summed E-state index contributed by atoms with van der Waals surface area (Å²) in [5, 5.41) is 2.72. The molecular weight excluding hydrogens is 354 g/mol. The van der Waals surface area contributed by atoms with Crippen molar-refractivity contribution in [3.63, 3.8) is 0 Å². The third-order valence-electron chi connectivity index (χ3n) is 3.85. The van der Waals surface area contributed by atoms with Gasteiger partial charge in [0, 0.05) is 25.5 Å². The monoisotopic (exact) mass is 377 g/mol. The SMILES string of the molecule is CCN(CC(=O)NCc1ccncc1)S(=O)(=O)c1cc(C)ccc1OC. The van der Waals surface area contributed by atoms with E-state index in [0.717, 1.165) is 15.4 Å². The van der Waals surface area contributed by atoms with Crippen LogP contribution in [0.1, 0.15) is 18.1 Å². The van der Waals surface area contributed by atoms with Crippen molar-refractivity contribution in [2.24, 2.45) is 0 Å². The maximum Gasteiger partial charge on any atom is 0.247 e. The maximum atomic E-state index is 13.0. The van der Waals surface area contributed by atoms with Crippen molar-refractivity contribution in [2.45, 2.75) is 25.3 Å². The van der Waals surface area contributed by atoms with Crippen LogP contribution in [-0.2, 0) is 21.4 Å². The highest BCUT2D eigenvalue weighted by Crippen LogP contribution is 2.27. The van der Waals surface area contributed by atoms with Crippen LogP contribution in [0.3, 0.4) is 0 Å². The van der Waals surface area contributed by atoms with Crippen molar-refractivity contribution in [3.8, 4) is 5.75 Å². The molecule has 140 valence electrons. The molecular formula is C18H23N3O4S. The number of carbonyl (C=O) groups excluding carboxylic acids is 1. The number of aromatic nitrogens is 1. The number of hydrogen-bond donors (Lipinski definition) is 1. The summed E-state index contributed by atoms with van der Waals surface area (Å²) >= 11 is 0. The minimum absolute atomic E-state index is 0.0591. The van der Waals surface area contributed by atoms with Gasteiger partial charge in [-0.25, -0.2) is 8.42 Å². The lowest BCUT2D eigenvalue weighted by molar-refractivity contribution is -0.121. The molecule has 2 rings (SSSR count). The van der Waals surface area contributed by atoms with E-state index in [9.17, 15) is 13.2 Å². The molecule has 0 spiro atoms. The van der Waals surface area contributed by atoms with Crippen molar-refractivity contribution in [3.05, 3.63) is 53.9 Å². The number of likely N-dealkylation sites (N-methyl/N-ethyl adjacent to an activating group) is 1. The summed E-state index contributed by atoms with van der Waals surface area (Å²) in [6, 6.07) is 8.50. The molecule has 7 nitrogen and oxygen atoms in total. The highest BCUT2D eigenvalue weighted by atomic mass is 32.2. The fourth-order valence-corrected chi connectivity index (χ4v) is 4.05. The highest BCUT2D eigenvalue weighted by Gasteiger charge is 2.28. The topological polar surface area (TPSA) is 88.6 Å². The van der Waals surface area contributed by atoms with Gasteiger partial charge >= 0.3 is 0 Å². The van der Waals surface area contributed by atoms with Gasteiger partial charge in [0.2, 0.25) is 15.9 Å². The van der Waals surface area contributed by atoms with Gasteiger partial charge in [-0.2, -0.15) is 4.31 Å². The molecule has 0 atom stereocenters. The Morgan fingerprint density at radius 2 is 1.92 bits per heavy atom. The van der Waals surface area contributed by atoms with Crippen LogP contribution in [0.5, 0.6) is 5.75 Å². The average Bonchev–Trinajstić information content (AvgIpc) is 2.65. The van der Waals surface area contributed by atoms with Crippen molar-refractivity contribution < 1.29 is 17.9 Å². The van der Waals surface area contributed by atoms with Crippen LogP contribution < -0.4 is 10.1 Å². The number of nitrogens with zero attached hydrogens (tertiary/aromatic N) is 2. The van der Waals surface area contributed by atoms with E-state index in [2.05, 4.69) is 10.3 Å². The molecule has 1 aromatic carbocycles. The standard InChI is InChI=1S/C18H23N3O4S/c1-4-21(13-18(22)20-12-15-7-9-19-10-8-15)26(23,24)17-11-14(2)5-6-16(17)25-3/h5-11H,4,12-13H2,1-3H3,(H,20,22). The quantitative estimate of drug-likeness (QED) is 0.757. The normalized spacial score (nSPS) is 11.4. The Hall–Kier alpha value is -2.45. The van der Waals surface area contributed by atoms with E-state index in [1.54, 1.807) is 56.6 Å².